The molecule has 0 saturated heterocycles. The summed E-state index contributed by atoms with van der Waals surface area (Å²) in [4.78, 5) is 22.9. The van der Waals surface area contributed by atoms with Crippen LogP contribution < -0.4 is 16.0 Å². The Morgan fingerprint density at radius 1 is 0.778 bits per heavy atom. The standard InChI is InChI=1S/C18H37N3O5S/c1-15(2)19-5-6-20-17(22)4-8-24-10-12-26-13-11-25-9-7-21-18(23)14-16(3)27/h15-16,19,27H,4-14H2,1-3H3,(H,20,22)(H,21,23). The van der Waals surface area contributed by atoms with Gasteiger partial charge in [-0.05, 0) is 0 Å². The summed E-state index contributed by atoms with van der Waals surface area (Å²) in [5, 5.41) is 8.88. The molecule has 3 N–H and O–H groups in total. The normalized spacial score (nSPS) is 12.2. The zero-order valence-corrected chi connectivity index (χ0v) is 17.8. The number of hydrogen-bond donors (Lipinski definition) is 4. The lowest BCUT2D eigenvalue weighted by Gasteiger charge is -2.09. The molecular weight excluding hydrogens is 370 g/mol. The monoisotopic (exact) mass is 407 g/mol. The molecule has 0 aromatic carbocycles. The van der Waals surface area contributed by atoms with E-state index in [9.17, 15) is 9.59 Å². The summed E-state index contributed by atoms with van der Waals surface area (Å²) >= 11 is 4.16. The van der Waals surface area contributed by atoms with Crippen LogP contribution in [-0.2, 0) is 23.8 Å². The number of nitrogens with one attached hydrogen (secondary N) is 3. The van der Waals surface area contributed by atoms with Crippen LogP contribution in [0.25, 0.3) is 0 Å². The minimum Gasteiger partial charge on any atom is -0.379 e. The lowest BCUT2D eigenvalue weighted by molar-refractivity contribution is -0.122. The molecule has 0 aliphatic rings. The molecule has 0 aromatic rings. The first-order valence-corrected chi connectivity index (χ1v) is 10.1. The predicted molar refractivity (Wildman–Crippen MR) is 109 cm³/mol. The minimum atomic E-state index is -0.0181. The number of carbonyl (C=O) groups is 2. The highest BCUT2D eigenvalue weighted by Gasteiger charge is 2.04. The van der Waals surface area contributed by atoms with E-state index in [0.29, 0.717) is 71.6 Å². The van der Waals surface area contributed by atoms with Gasteiger partial charge in [0, 0.05) is 43.8 Å². The van der Waals surface area contributed by atoms with Crippen molar-refractivity contribution in [1.82, 2.24) is 16.0 Å². The SMILES string of the molecule is CC(S)CC(=O)NCCOCCOCCOCCC(=O)NCCNC(C)C. The van der Waals surface area contributed by atoms with Crippen molar-refractivity contribution in [2.45, 2.75) is 44.9 Å². The van der Waals surface area contributed by atoms with E-state index >= 15 is 0 Å². The van der Waals surface area contributed by atoms with Crippen molar-refractivity contribution in [3.8, 4) is 0 Å². The van der Waals surface area contributed by atoms with Crippen LogP contribution in [0.1, 0.15) is 33.6 Å². The summed E-state index contributed by atoms with van der Waals surface area (Å²) < 4.78 is 16.1. The summed E-state index contributed by atoms with van der Waals surface area (Å²) in [7, 11) is 0. The first kappa shape index (κ1) is 26.1. The Kier molecular flexibility index (Phi) is 17.9. The Bertz CT molecular complexity index is 384. The minimum absolute atomic E-state index is 0.00853. The third kappa shape index (κ3) is 21.3. The van der Waals surface area contributed by atoms with E-state index < -0.39 is 0 Å². The molecule has 0 aliphatic carbocycles. The predicted octanol–water partition coefficient (Wildman–Crippen LogP) is 0.365. The van der Waals surface area contributed by atoms with Crippen LogP contribution in [0.4, 0.5) is 0 Å². The molecule has 1 atom stereocenters. The third-order valence-electron chi connectivity index (χ3n) is 3.27. The highest BCUT2D eigenvalue weighted by molar-refractivity contribution is 7.80. The number of hydrogen-bond acceptors (Lipinski definition) is 7. The van der Waals surface area contributed by atoms with Crippen LogP contribution in [-0.4, -0.2) is 82.4 Å². The van der Waals surface area contributed by atoms with E-state index in [-0.39, 0.29) is 17.1 Å². The molecule has 0 aliphatic heterocycles. The Morgan fingerprint density at radius 3 is 1.93 bits per heavy atom. The molecule has 160 valence electrons. The van der Waals surface area contributed by atoms with E-state index in [4.69, 9.17) is 14.2 Å². The van der Waals surface area contributed by atoms with Crippen molar-refractivity contribution in [2.24, 2.45) is 0 Å². The highest BCUT2D eigenvalue weighted by atomic mass is 32.1. The van der Waals surface area contributed by atoms with Gasteiger partial charge >= 0.3 is 0 Å². The van der Waals surface area contributed by atoms with Gasteiger partial charge < -0.3 is 30.2 Å². The Labute approximate surface area is 168 Å². The first-order chi connectivity index (χ1) is 12.9. The second-order valence-electron chi connectivity index (χ2n) is 6.45. The fraction of sp³-hybridized carbons (Fsp3) is 0.889. The summed E-state index contributed by atoms with van der Waals surface area (Å²) in [5.74, 6) is -0.0267. The molecule has 0 spiro atoms. The second kappa shape index (κ2) is 18.5. The van der Waals surface area contributed by atoms with Gasteiger partial charge in [0.15, 0.2) is 0 Å². The third-order valence-corrected chi connectivity index (χ3v) is 3.45. The smallest absolute Gasteiger partial charge is 0.222 e. The van der Waals surface area contributed by atoms with Crippen LogP contribution in [0, 0.1) is 0 Å². The summed E-state index contributed by atoms with van der Waals surface area (Å²) in [6.45, 7) is 10.5. The van der Waals surface area contributed by atoms with Crippen molar-refractivity contribution in [2.75, 3.05) is 59.3 Å². The van der Waals surface area contributed by atoms with E-state index in [1.54, 1.807) is 0 Å². The molecule has 0 aromatic heterocycles. The second-order valence-corrected chi connectivity index (χ2v) is 7.33. The number of rotatable bonds is 18. The first-order valence-electron chi connectivity index (χ1n) is 9.60. The van der Waals surface area contributed by atoms with E-state index in [1.807, 2.05) is 6.92 Å². The van der Waals surface area contributed by atoms with Crippen molar-refractivity contribution < 1.29 is 23.8 Å². The fourth-order valence-corrected chi connectivity index (χ4v) is 2.13. The maximum absolute atomic E-state index is 11.5. The number of thiol groups is 1. The zero-order valence-electron chi connectivity index (χ0n) is 16.9. The molecule has 0 saturated carbocycles. The Hall–Kier alpha value is -0.870. The van der Waals surface area contributed by atoms with Gasteiger partial charge in [0.05, 0.1) is 39.6 Å². The van der Waals surface area contributed by atoms with Gasteiger partial charge in [-0.3, -0.25) is 9.59 Å². The van der Waals surface area contributed by atoms with Gasteiger partial charge in [-0.2, -0.15) is 12.6 Å². The molecule has 9 heteroatoms. The van der Waals surface area contributed by atoms with Crippen LogP contribution in [0.15, 0.2) is 0 Å². The van der Waals surface area contributed by atoms with Gasteiger partial charge in [0.2, 0.25) is 11.8 Å². The van der Waals surface area contributed by atoms with E-state index in [0.717, 1.165) is 6.54 Å². The molecule has 1 unspecified atom stereocenters. The van der Waals surface area contributed by atoms with Gasteiger partial charge in [-0.15, -0.1) is 0 Å². The van der Waals surface area contributed by atoms with E-state index in [2.05, 4.69) is 42.4 Å². The fourth-order valence-electron chi connectivity index (χ4n) is 1.96. The lowest BCUT2D eigenvalue weighted by atomic mass is 10.3. The Morgan fingerprint density at radius 2 is 1.33 bits per heavy atom. The van der Waals surface area contributed by atoms with Crippen molar-refractivity contribution in [1.29, 1.82) is 0 Å². The molecule has 0 bridgehead atoms. The molecule has 27 heavy (non-hydrogen) atoms. The van der Waals surface area contributed by atoms with E-state index in [1.165, 1.54) is 0 Å². The molecular formula is C18H37N3O5S. The summed E-state index contributed by atoms with van der Waals surface area (Å²) in [5.41, 5.74) is 0. The van der Waals surface area contributed by atoms with Gasteiger partial charge in [-0.25, -0.2) is 0 Å². The number of carbonyl (C=O) groups excluding carboxylic acids is 2. The quantitative estimate of drug-likeness (QED) is 0.194. The molecule has 0 rings (SSSR count). The zero-order chi connectivity index (χ0) is 20.3. The van der Waals surface area contributed by atoms with Crippen LogP contribution in [0.3, 0.4) is 0 Å². The van der Waals surface area contributed by atoms with Gasteiger partial charge in [0.1, 0.15) is 0 Å². The summed E-state index contributed by atoms with van der Waals surface area (Å²) in [6, 6.07) is 0.420. The summed E-state index contributed by atoms with van der Waals surface area (Å²) in [6.07, 6.45) is 0.756. The maximum Gasteiger partial charge on any atom is 0.222 e. The van der Waals surface area contributed by atoms with Crippen molar-refractivity contribution in [3.63, 3.8) is 0 Å². The van der Waals surface area contributed by atoms with Crippen LogP contribution >= 0.6 is 12.6 Å². The lowest BCUT2D eigenvalue weighted by Crippen LogP contribution is -2.34. The number of amides is 2. The van der Waals surface area contributed by atoms with Crippen molar-refractivity contribution in [3.05, 3.63) is 0 Å². The average molecular weight is 408 g/mol. The molecule has 8 nitrogen and oxygen atoms in total. The molecule has 0 radical (unpaired) electrons. The molecule has 0 fully saturated rings. The largest absolute Gasteiger partial charge is 0.379 e. The van der Waals surface area contributed by atoms with Crippen molar-refractivity contribution >= 4 is 24.4 Å². The maximum atomic E-state index is 11.5. The van der Waals surface area contributed by atoms with Crippen LogP contribution in [0.2, 0.25) is 0 Å². The van der Waals surface area contributed by atoms with Gasteiger partial charge in [-0.1, -0.05) is 20.8 Å². The number of ether oxygens (including phenoxy) is 3. The Balaban J connectivity index is 3.22. The average Bonchev–Trinajstić information content (AvgIpc) is 2.58. The molecule has 0 heterocycles. The van der Waals surface area contributed by atoms with Gasteiger partial charge in [0.25, 0.3) is 0 Å². The molecule has 2 amide bonds. The topological polar surface area (TPSA) is 97.9 Å². The van der Waals surface area contributed by atoms with Crippen LogP contribution in [0.5, 0.6) is 0 Å². The highest BCUT2D eigenvalue weighted by Crippen LogP contribution is 1.97.